The quantitative estimate of drug-likeness (QED) is 0.872. The number of piperidine rings is 1. The van der Waals surface area contributed by atoms with Crippen LogP contribution in [0, 0.1) is 0 Å². The summed E-state index contributed by atoms with van der Waals surface area (Å²) in [5, 5.41) is 13.2. The van der Waals surface area contributed by atoms with Crippen molar-refractivity contribution in [2.45, 2.75) is 57.3 Å². The fourth-order valence-corrected chi connectivity index (χ4v) is 3.63. The molecule has 2 aliphatic rings. The maximum Gasteiger partial charge on any atom is 0.0579 e. The van der Waals surface area contributed by atoms with Crippen LogP contribution in [-0.4, -0.2) is 29.8 Å². The summed E-state index contributed by atoms with van der Waals surface area (Å²) in [4.78, 5) is 2.55. The molecule has 3 heteroatoms. The molecule has 0 aliphatic carbocycles. The fourth-order valence-electron chi connectivity index (χ4n) is 3.63. The van der Waals surface area contributed by atoms with Crippen molar-refractivity contribution in [2.24, 2.45) is 0 Å². The molecular formula is C16H24N2O. The van der Waals surface area contributed by atoms with Gasteiger partial charge in [-0.3, -0.25) is 0 Å². The predicted molar refractivity (Wildman–Crippen MR) is 78.4 cm³/mol. The monoisotopic (exact) mass is 260 g/mol. The highest BCUT2D eigenvalue weighted by atomic mass is 16.3. The zero-order valence-electron chi connectivity index (χ0n) is 11.7. The molecule has 0 saturated carbocycles. The summed E-state index contributed by atoms with van der Waals surface area (Å²) in [6.45, 7) is 4.09. The Morgan fingerprint density at radius 1 is 1.16 bits per heavy atom. The molecular weight excluding hydrogens is 236 g/mol. The summed E-state index contributed by atoms with van der Waals surface area (Å²) < 4.78 is 0. The van der Waals surface area contributed by atoms with Gasteiger partial charge in [0.05, 0.1) is 6.10 Å². The van der Waals surface area contributed by atoms with E-state index in [1.165, 1.54) is 24.1 Å². The fraction of sp³-hybridized carbons (Fsp3) is 0.625. The molecule has 2 saturated heterocycles. The van der Waals surface area contributed by atoms with Gasteiger partial charge < -0.3 is 15.3 Å². The molecule has 3 rings (SSSR count). The second-order valence-electron chi connectivity index (χ2n) is 5.86. The van der Waals surface area contributed by atoms with Crippen molar-refractivity contribution in [1.29, 1.82) is 0 Å². The molecule has 1 aromatic carbocycles. The molecule has 2 fully saturated rings. The average molecular weight is 260 g/mol. The van der Waals surface area contributed by atoms with Gasteiger partial charge in [0.25, 0.3) is 0 Å². The highest BCUT2D eigenvalue weighted by Crippen LogP contribution is 2.39. The van der Waals surface area contributed by atoms with Crippen molar-refractivity contribution in [1.82, 2.24) is 5.32 Å². The van der Waals surface area contributed by atoms with Gasteiger partial charge in [-0.2, -0.15) is 0 Å². The molecule has 2 unspecified atom stereocenters. The van der Waals surface area contributed by atoms with E-state index in [-0.39, 0.29) is 6.10 Å². The van der Waals surface area contributed by atoms with Crippen LogP contribution in [0.5, 0.6) is 0 Å². The third-order valence-electron chi connectivity index (χ3n) is 4.52. The Labute approximate surface area is 115 Å². The van der Waals surface area contributed by atoms with Crippen LogP contribution >= 0.6 is 0 Å². The Balaban J connectivity index is 1.72. The van der Waals surface area contributed by atoms with E-state index in [4.69, 9.17) is 0 Å². The number of hydrogen-bond acceptors (Lipinski definition) is 3. The first-order chi connectivity index (χ1) is 9.28. The van der Waals surface area contributed by atoms with Gasteiger partial charge in [0.15, 0.2) is 0 Å². The topological polar surface area (TPSA) is 35.5 Å². The number of fused-ring (bicyclic) bond motifs is 2. The van der Waals surface area contributed by atoms with E-state index in [9.17, 15) is 5.11 Å². The zero-order valence-corrected chi connectivity index (χ0v) is 11.7. The minimum atomic E-state index is -0.0817. The first kappa shape index (κ1) is 12.9. The number of hydrogen-bond donors (Lipinski definition) is 2. The zero-order chi connectivity index (χ0) is 13.2. The van der Waals surface area contributed by atoms with Crippen LogP contribution in [0.25, 0.3) is 0 Å². The summed E-state index contributed by atoms with van der Waals surface area (Å²) in [6, 6.07) is 10.0. The largest absolute Gasteiger partial charge is 0.393 e. The first-order valence-corrected chi connectivity index (χ1v) is 7.54. The molecule has 0 radical (unpaired) electrons. The molecule has 0 spiro atoms. The predicted octanol–water partition coefficient (Wildman–Crippen LogP) is 2.29. The van der Waals surface area contributed by atoms with Crippen LogP contribution in [0.1, 0.15) is 38.2 Å². The summed E-state index contributed by atoms with van der Waals surface area (Å²) >= 11 is 0. The number of nitrogens with one attached hydrogen (secondary N) is 1. The van der Waals surface area contributed by atoms with E-state index in [0.29, 0.717) is 12.1 Å². The maximum absolute atomic E-state index is 9.86. The summed E-state index contributed by atoms with van der Waals surface area (Å²) in [6.07, 6.45) is 4.27. The highest BCUT2D eigenvalue weighted by molar-refractivity contribution is 5.51. The molecule has 2 aliphatic heterocycles. The lowest BCUT2D eigenvalue weighted by molar-refractivity contribution is 0.126. The van der Waals surface area contributed by atoms with Crippen molar-refractivity contribution in [3.8, 4) is 0 Å². The van der Waals surface area contributed by atoms with Gasteiger partial charge in [-0.05, 0) is 49.9 Å². The molecule has 2 atom stereocenters. The molecule has 19 heavy (non-hydrogen) atoms. The lowest BCUT2D eigenvalue weighted by Gasteiger charge is -2.39. The Kier molecular flexibility index (Phi) is 3.76. The Morgan fingerprint density at radius 2 is 1.79 bits per heavy atom. The van der Waals surface area contributed by atoms with Crippen LogP contribution in [0.3, 0.4) is 0 Å². The van der Waals surface area contributed by atoms with Crippen LogP contribution < -0.4 is 10.2 Å². The molecule has 2 N–H and O–H groups in total. The van der Waals surface area contributed by atoms with E-state index in [1.807, 2.05) is 0 Å². The van der Waals surface area contributed by atoms with E-state index < -0.39 is 0 Å². The van der Waals surface area contributed by atoms with Crippen molar-refractivity contribution in [3.05, 3.63) is 29.8 Å². The van der Waals surface area contributed by atoms with Crippen molar-refractivity contribution in [2.75, 3.05) is 11.4 Å². The second-order valence-corrected chi connectivity index (χ2v) is 5.86. The number of aliphatic hydroxyl groups is 1. The van der Waals surface area contributed by atoms with Crippen LogP contribution in [-0.2, 0) is 6.54 Å². The lowest BCUT2D eigenvalue weighted by Crippen LogP contribution is -2.44. The Morgan fingerprint density at radius 3 is 2.37 bits per heavy atom. The lowest BCUT2D eigenvalue weighted by atomic mass is 9.99. The van der Waals surface area contributed by atoms with Crippen LogP contribution in [0.15, 0.2) is 24.3 Å². The van der Waals surface area contributed by atoms with E-state index in [0.717, 1.165) is 25.9 Å². The molecule has 1 aromatic rings. The molecule has 104 valence electrons. The minimum absolute atomic E-state index is 0.0817. The SMILES string of the molecule is CCNCc1ccc(N2C3CCC2CC(O)C3)cc1. The highest BCUT2D eigenvalue weighted by Gasteiger charge is 2.40. The molecule has 0 aromatic heterocycles. The van der Waals surface area contributed by atoms with Gasteiger partial charge in [-0.1, -0.05) is 19.1 Å². The van der Waals surface area contributed by atoms with Crippen LogP contribution in [0.4, 0.5) is 5.69 Å². The number of nitrogens with zero attached hydrogens (tertiary/aromatic N) is 1. The van der Waals surface area contributed by atoms with Gasteiger partial charge in [-0.15, -0.1) is 0 Å². The van der Waals surface area contributed by atoms with Gasteiger partial charge in [0.2, 0.25) is 0 Å². The Bertz CT molecular complexity index is 403. The second kappa shape index (κ2) is 5.51. The van der Waals surface area contributed by atoms with Crippen molar-refractivity contribution >= 4 is 5.69 Å². The van der Waals surface area contributed by atoms with E-state index in [2.05, 4.69) is 41.4 Å². The summed E-state index contributed by atoms with van der Waals surface area (Å²) in [5.74, 6) is 0. The number of anilines is 1. The van der Waals surface area contributed by atoms with Gasteiger partial charge >= 0.3 is 0 Å². The van der Waals surface area contributed by atoms with Gasteiger partial charge in [-0.25, -0.2) is 0 Å². The first-order valence-electron chi connectivity index (χ1n) is 7.54. The standard InChI is InChI=1S/C16H24N2O/c1-2-17-11-12-3-5-13(6-4-12)18-14-7-8-15(18)10-16(19)9-14/h3-6,14-17,19H,2,7-11H2,1H3. The minimum Gasteiger partial charge on any atom is -0.393 e. The van der Waals surface area contributed by atoms with Gasteiger partial charge in [0, 0.05) is 24.3 Å². The van der Waals surface area contributed by atoms with Crippen LogP contribution in [0.2, 0.25) is 0 Å². The van der Waals surface area contributed by atoms with Crippen molar-refractivity contribution < 1.29 is 5.11 Å². The summed E-state index contributed by atoms with van der Waals surface area (Å²) in [5.41, 5.74) is 2.68. The molecule has 0 amide bonds. The van der Waals surface area contributed by atoms with E-state index in [1.54, 1.807) is 0 Å². The van der Waals surface area contributed by atoms with Gasteiger partial charge in [0.1, 0.15) is 0 Å². The molecule has 2 heterocycles. The normalized spacial score (nSPS) is 29.8. The number of benzene rings is 1. The maximum atomic E-state index is 9.86. The average Bonchev–Trinajstić information content (AvgIpc) is 2.69. The third-order valence-corrected chi connectivity index (χ3v) is 4.52. The summed E-state index contributed by atoms with van der Waals surface area (Å²) in [7, 11) is 0. The Hall–Kier alpha value is -1.06. The van der Waals surface area contributed by atoms with E-state index >= 15 is 0 Å². The smallest absolute Gasteiger partial charge is 0.0579 e. The number of aliphatic hydroxyl groups excluding tert-OH is 1. The third kappa shape index (κ3) is 2.63. The molecule has 2 bridgehead atoms. The number of rotatable bonds is 4. The van der Waals surface area contributed by atoms with Crippen molar-refractivity contribution in [3.63, 3.8) is 0 Å². The molecule has 3 nitrogen and oxygen atoms in total.